The Bertz CT molecular complexity index is 200. The first-order valence-electron chi connectivity index (χ1n) is 6.84. The quantitative estimate of drug-likeness (QED) is 0.336. The fraction of sp³-hybridized carbons (Fsp3) is 0.500. The van der Waals surface area contributed by atoms with Gasteiger partial charge < -0.3 is 0 Å². The zero-order valence-corrected chi connectivity index (χ0v) is 15.1. The molecule has 3 heteroatoms. The second-order valence-electron chi connectivity index (χ2n) is 4.24. The molecule has 0 aliphatic heterocycles. The van der Waals surface area contributed by atoms with Crippen molar-refractivity contribution in [2.24, 2.45) is 0 Å². The van der Waals surface area contributed by atoms with Gasteiger partial charge in [-0.15, -0.1) is 0 Å². The third-order valence-corrected chi connectivity index (χ3v) is 2.67. The first-order chi connectivity index (χ1) is 9.41. The average Bonchev–Trinajstić information content (AvgIpc) is 2.28. The molecule has 0 saturated heterocycles. The molecule has 19 heavy (non-hydrogen) atoms. The monoisotopic (exact) mass is 481 g/mol. The van der Waals surface area contributed by atoms with Crippen molar-refractivity contribution in [2.45, 2.75) is 51.4 Å². The molecule has 0 radical (unpaired) electrons. The molecule has 0 spiro atoms. The van der Waals surface area contributed by atoms with E-state index in [1.54, 1.807) is 0 Å². The van der Waals surface area contributed by atoms with Crippen LogP contribution in [0.3, 0.4) is 0 Å². The van der Waals surface area contributed by atoms with E-state index >= 15 is 0 Å². The van der Waals surface area contributed by atoms with Crippen molar-refractivity contribution >= 4 is 18.8 Å². The van der Waals surface area contributed by atoms with Crippen LogP contribution in [0.5, 0.6) is 0 Å². The van der Waals surface area contributed by atoms with E-state index in [0.717, 1.165) is 0 Å². The Morgan fingerprint density at radius 2 is 0.526 bits per heavy atom. The molecule has 0 aromatic carbocycles. The van der Waals surface area contributed by atoms with Crippen molar-refractivity contribution in [3.05, 3.63) is 48.6 Å². The Morgan fingerprint density at radius 3 is 0.632 bits per heavy atom. The first kappa shape index (κ1) is 19.2. The van der Waals surface area contributed by atoms with Crippen LogP contribution in [0.15, 0.2) is 48.6 Å². The molecule has 0 bridgehead atoms. The van der Waals surface area contributed by atoms with E-state index in [2.05, 4.69) is 48.6 Å². The van der Waals surface area contributed by atoms with Crippen molar-refractivity contribution in [2.75, 3.05) is 0 Å². The molecule has 112 valence electrons. The van der Waals surface area contributed by atoms with Crippen molar-refractivity contribution < 1.29 is 16.5 Å². The third kappa shape index (κ3) is 18.2. The molecule has 2 aliphatic rings. The molecule has 0 amide bonds. The van der Waals surface area contributed by atoms with Gasteiger partial charge >= 0.3 is 35.3 Å². The van der Waals surface area contributed by atoms with E-state index in [-0.39, 0.29) is 0 Å². The molecule has 0 N–H and O–H groups in total. The maximum atomic E-state index is 4.88. The summed E-state index contributed by atoms with van der Waals surface area (Å²) in [6.45, 7) is 0. The summed E-state index contributed by atoms with van der Waals surface area (Å²) in [5.74, 6) is 0. The van der Waals surface area contributed by atoms with Crippen LogP contribution in [0.1, 0.15) is 51.4 Å². The Hall–Kier alpha value is 0.228. The van der Waals surface area contributed by atoms with Gasteiger partial charge in [-0.1, -0.05) is 48.6 Å². The van der Waals surface area contributed by atoms with Crippen LogP contribution >= 0.6 is 18.8 Å². The SMILES string of the molecule is C1=CCC/C=C\CC1.C1=CCC/C=C\CC1.[Cl][Pt][Cl]. The number of allylic oxidation sites excluding steroid dienone is 8. The summed E-state index contributed by atoms with van der Waals surface area (Å²) >= 11 is -0.472. The average molecular weight is 482 g/mol. The van der Waals surface area contributed by atoms with Gasteiger partial charge in [-0.05, 0) is 51.4 Å². The molecule has 2 rings (SSSR count). The van der Waals surface area contributed by atoms with Crippen molar-refractivity contribution in [3.8, 4) is 0 Å². The Balaban J connectivity index is 0.000000284. The topological polar surface area (TPSA) is 0 Å². The molecule has 2 aliphatic carbocycles. The van der Waals surface area contributed by atoms with Gasteiger partial charge in [0.25, 0.3) is 0 Å². The first-order valence-corrected chi connectivity index (χ1v) is 12.5. The van der Waals surface area contributed by atoms with E-state index in [4.69, 9.17) is 18.8 Å². The Morgan fingerprint density at radius 1 is 0.421 bits per heavy atom. The minimum absolute atomic E-state index is 0.472. The van der Waals surface area contributed by atoms with Gasteiger partial charge in [0.2, 0.25) is 0 Å². The van der Waals surface area contributed by atoms with E-state index in [1.807, 2.05) is 0 Å². The van der Waals surface area contributed by atoms with Gasteiger partial charge in [-0.2, -0.15) is 0 Å². The molecule has 0 unspecified atom stereocenters. The third-order valence-electron chi connectivity index (χ3n) is 2.67. The molecule has 0 saturated carbocycles. The summed E-state index contributed by atoms with van der Waals surface area (Å²) in [7, 11) is 9.75. The molecule has 0 aromatic heterocycles. The van der Waals surface area contributed by atoms with E-state index in [0.29, 0.717) is 0 Å². The molecule has 0 heterocycles. The standard InChI is InChI=1S/2C8H12.2ClH.Pt/c2*1-2-4-6-8-7-5-3-1;;;/h2*1-2,7-8H,3-6H2;2*1H;/q;;;;+2/p-2/b2*2-1-,8-7?;;;. The predicted octanol–water partition coefficient (Wildman–Crippen LogP) is 6.72. The van der Waals surface area contributed by atoms with Gasteiger partial charge in [0.05, 0.1) is 0 Å². The Labute approximate surface area is 135 Å². The second kappa shape index (κ2) is 18.2. The summed E-state index contributed by atoms with van der Waals surface area (Å²) < 4.78 is 0. The van der Waals surface area contributed by atoms with Crippen molar-refractivity contribution in [3.63, 3.8) is 0 Å². The van der Waals surface area contributed by atoms with Crippen LogP contribution in [0.2, 0.25) is 0 Å². The summed E-state index contributed by atoms with van der Waals surface area (Å²) in [6.07, 6.45) is 28.0. The Kier molecular flexibility index (Phi) is 18.4. The number of halogens is 2. The van der Waals surface area contributed by atoms with Crippen molar-refractivity contribution in [1.82, 2.24) is 0 Å². The fourth-order valence-electron chi connectivity index (χ4n) is 1.71. The van der Waals surface area contributed by atoms with Gasteiger partial charge in [-0.25, -0.2) is 0 Å². The zero-order chi connectivity index (χ0) is 14.0. The minimum atomic E-state index is -0.472. The van der Waals surface area contributed by atoms with Gasteiger partial charge in [-0.3, -0.25) is 0 Å². The second-order valence-corrected chi connectivity index (χ2v) is 7.52. The molecule has 0 aromatic rings. The van der Waals surface area contributed by atoms with E-state index < -0.39 is 16.5 Å². The molecule has 0 fully saturated rings. The van der Waals surface area contributed by atoms with Gasteiger partial charge in [0.1, 0.15) is 0 Å². The van der Waals surface area contributed by atoms with E-state index in [1.165, 1.54) is 51.4 Å². The zero-order valence-electron chi connectivity index (χ0n) is 11.3. The molecular weight excluding hydrogens is 458 g/mol. The van der Waals surface area contributed by atoms with E-state index in [9.17, 15) is 0 Å². The van der Waals surface area contributed by atoms with Crippen LogP contribution in [-0.4, -0.2) is 0 Å². The predicted molar refractivity (Wildman–Crippen MR) is 85.2 cm³/mol. The van der Waals surface area contributed by atoms with Gasteiger partial charge in [0, 0.05) is 0 Å². The van der Waals surface area contributed by atoms with Crippen LogP contribution in [0.4, 0.5) is 0 Å². The van der Waals surface area contributed by atoms with Crippen LogP contribution in [-0.2, 0) is 16.5 Å². The summed E-state index contributed by atoms with van der Waals surface area (Å²) in [4.78, 5) is 0. The van der Waals surface area contributed by atoms with Crippen LogP contribution in [0.25, 0.3) is 0 Å². The number of hydrogen-bond acceptors (Lipinski definition) is 0. The fourth-order valence-corrected chi connectivity index (χ4v) is 1.71. The summed E-state index contributed by atoms with van der Waals surface area (Å²) in [5, 5.41) is 0. The maximum absolute atomic E-state index is 4.88. The summed E-state index contributed by atoms with van der Waals surface area (Å²) in [5.41, 5.74) is 0. The molecule has 0 nitrogen and oxygen atoms in total. The van der Waals surface area contributed by atoms with Crippen LogP contribution in [0, 0.1) is 0 Å². The molecular formula is C16H24Cl2Pt. The molecule has 0 atom stereocenters. The number of hydrogen-bond donors (Lipinski definition) is 0. The van der Waals surface area contributed by atoms with Crippen molar-refractivity contribution in [1.29, 1.82) is 0 Å². The summed E-state index contributed by atoms with van der Waals surface area (Å²) in [6, 6.07) is 0. The van der Waals surface area contributed by atoms with Crippen LogP contribution < -0.4 is 0 Å². The number of rotatable bonds is 0. The van der Waals surface area contributed by atoms with Gasteiger partial charge in [0.15, 0.2) is 0 Å². The normalized spacial score (nSPS) is 21.4.